The van der Waals surface area contributed by atoms with Gasteiger partial charge in [-0.3, -0.25) is 0 Å². The van der Waals surface area contributed by atoms with Crippen LogP contribution in [0.15, 0.2) is 36.4 Å². The van der Waals surface area contributed by atoms with Gasteiger partial charge in [0, 0.05) is 11.1 Å². The summed E-state index contributed by atoms with van der Waals surface area (Å²) in [6.45, 7) is 3.94. The van der Waals surface area contributed by atoms with Gasteiger partial charge in [-0.1, -0.05) is 18.2 Å². The molecule has 0 fully saturated rings. The summed E-state index contributed by atoms with van der Waals surface area (Å²) < 4.78 is 2.01. The number of fused-ring (bicyclic) bond motifs is 3. The van der Waals surface area contributed by atoms with Crippen molar-refractivity contribution in [2.24, 2.45) is 0 Å². The number of carboxylic acids is 1. The molecule has 0 bridgehead atoms. The maximum Gasteiger partial charge on any atom is 0.337 e. The van der Waals surface area contributed by atoms with E-state index in [1.54, 1.807) is 6.07 Å². The second kappa shape index (κ2) is 3.60. The lowest BCUT2D eigenvalue weighted by Gasteiger charge is -2.08. The Morgan fingerprint density at radius 3 is 2.56 bits per heavy atom. The summed E-state index contributed by atoms with van der Waals surface area (Å²) in [5.41, 5.74) is 4.22. The quantitative estimate of drug-likeness (QED) is 0.707. The van der Waals surface area contributed by atoms with Crippen LogP contribution in [0, 0.1) is 13.8 Å². The summed E-state index contributed by atoms with van der Waals surface area (Å²) >= 11 is 0. The highest BCUT2D eigenvalue weighted by atomic mass is 16.4. The molecule has 2 aromatic heterocycles. The molecule has 0 amide bonds. The van der Waals surface area contributed by atoms with Crippen LogP contribution in [0.2, 0.25) is 0 Å². The first-order valence-electron chi connectivity index (χ1n) is 5.83. The fraction of sp³-hybridized carbons (Fsp3) is 0.133. The van der Waals surface area contributed by atoms with Crippen LogP contribution >= 0.6 is 0 Å². The number of carboxylic acid groups (broad SMARTS) is 1. The molecule has 0 saturated heterocycles. The minimum absolute atomic E-state index is 0.362. The average molecular weight is 239 g/mol. The number of aryl methyl sites for hydroxylation is 2. The topological polar surface area (TPSA) is 41.7 Å². The molecular formula is C15H13NO2. The Morgan fingerprint density at radius 1 is 1.11 bits per heavy atom. The van der Waals surface area contributed by atoms with E-state index >= 15 is 0 Å². The van der Waals surface area contributed by atoms with Crippen molar-refractivity contribution in [1.29, 1.82) is 0 Å². The summed E-state index contributed by atoms with van der Waals surface area (Å²) in [6.07, 6.45) is 0. The Bertz CT molecular complexity index is 784. The summed E-state index contributed by atoms with van der Waals surface area (Å²) in [5, 5.41) is 10.4. The van der Waals surface area contributed by atoms with Gasteiger partial charge in [-0.2, -0.15) is 0 Å². The lowest BCUT2D eigenvalue weighted by atomic mass is 10.1. The maximum atomic E-state index is 11.3. The van der Waals surface area contributed by atoms with Gasteiger partial charge in [-0.05, 0) is 37.6 Å². The zero-order valence-corrected chi connectivity index (χ0v) is 10.3. The summed E-state index contributed by atoms with van der Waals surface area (Å²) in [6, 6.07) is 11.7. The third-order valence-electron chi connectivity index (χ3n) is 3.38. The predicted molar refractivity (Wildman–Crippen MR) is 71.3 cm³/mol. The minimum Gasteiger partial charge on any atom is -0.478 e. The Labute approximate surface area is 104 Å². The van der Waals surface area contributed by atoms with Crippen molar-refractivity contribution in [3.8, 4) is 0 Å². The van der Waals surface area contributed by atoms with Gasteiger partial charge in [0.05, 0.1) is 16.6 Å². The fourth-order valence-electron chi connectivity index (χ4n) is 2.58. The van der Waals surface area contributed by atoms with E-state index in [0.29, 0.717) is 5.56 Å². The normalized spacial score (nSPS) is 11.2. The van der Waals surface area contributed by atoms with Crippen LogP contribution in [0.5, 0.6) is 0 Å². The minimum atomic E-state index is -0.879. The molecule has 2 heterocycles. The summed E-state index contributed by atoms with van der Waals surface area (Å²) in [7, 11) is 0. The first-order valence-corrected chi connectivity index (χ1v) is 5.83. The molecule has 0 atom stereocenters. The van der Waals surface area contributed by atoms with E-state index in [9.17, 15) is 9.90 Å². The molecule has 0 unspecified atom stereocenters. The van der Waals surface area contributed by atoms with Crippen LogP contribution in [-0.4, -0.2) is 15.5 Å². The molecule has 0 aliphatic heterocycles. The second-order valence-electron chi connectivity index (χ2n) is 4.57. The third kappa shape index (κ3) is 1.34. The molecule has 0 spiro atoms. The van der Waals surface area contributed by atoms with Gasteiger partial charge in [0.25, 0.3) is 0 Å². The zero-order valence-electron chi connectivity index (χ0n) is 10.3. The highest BCUT2D eigenvalue weighted by Gasteiger charge is 2.15. The van der Waals surface area contributed by atoms with E-state index in [1.165, 1.54) is 0 Å². The lowest BCUT2D eigenvalue weighted by Crippen LogP contribution is -1.97. The van der Waals surface area contributed by atoms with E-state index in [2.05, 4.69) is 6.07 Å². The summed E-state index contributed by atoms with van der Waals surface area (Å²) in [5.74, 6) is -0.879. The molecule has 3 rings (SSSR count). The molecule has 3 heteroatoms. The van der Waals surface area contributed by atoms with Crippen LogP contribution in [0.3, 0.4) is 0 Å². The van der Waals surface area contributed by atoms with Crippen molar-refractivity contribution in [3.63, 3.8) is 0 Å². The smallest absolute Gasteiger partial charge is 0.337 e. The highest BCUT2D eigenvalue weighted by Crippen LogP contribution is 2.26. The monoisotopic (exact) mass is 239 g/mol. The van der Waals surface area contributed by atoms with Gasteiger partial charge in [-0.25, -0.2) is 4.79 Å². The maximum absolute atomic E-state index is 11.3. The van der Waals surface area contributed by atoms with Crippen molar-refractivity contribution in [2.75, 3.05) is 0 Å². The number of carbonyl (C=O) groups is 1. The first kappa shape index (κ1) is 10.8. The van der Waals surface area contributed by atoms with Gasteiger partial charge in [0.1, 0.15) is 0 Å². The summed E-state index contributed by atoms with van der Waals surface area (Å²) in [4.78, 5) is 11.3. The number of aromatic carboxylic acids is 1. The van der Waals surface area contributed by atoms with E-state index in [0.717, 1.165) is 27.7 Å². The molecule has 18 heavy (non-hydrogen) atoms. The highest BCUT2D eigenvalue weighted by molar-refractivity contribution is 5.99. The molecule has 1 aromatic carbocycles. The second-order valence-corrected chi connectivity index (χ2v) is 4.57. The molecule has 1 N–H and O–H groups in total. The van der Waals surface area contributed by atoms with Crippen LogP contribution < -0.4 is 0 Å². The molecule has 90 valence electrons. The fourth-order valence-corrected chi connectivity index (χ4v) is 2.58. The van der Waals surface area contributed by atoms with Crippen LogP contribution in [0.25, 0.3) is 16.4 Å². The molecule has 3 nitrogen and oxygen atoms in total. The van der Waals surface area contributed by atoms with Crippen LogP contribution in [-0.2, 0) is 0 Å². The van der Waals surface area contributed by atoms with Crippen molar-refractivity contribution in [3.05, 3.63) is 53.2 Å². The third-order valence-corrected chi connectivity index (χ3v) is 3.38. The van der Waals surface area contributed by atoms with Crippen molar-refractivity contribution in [2.45, 2.75) is 13.8 Å². The number of aromatic nitrogens is 1. The lowest BCUT2D eigenvalue weighted by molar-refractivity contribution is 0.0699. The zero-order chi connectivity index (χ0) is 12.9. The molecule has 3 aromatic rings. The van der Waals surface area contributed by atoms with Gasteiger partial charge in [0.15, 0.2) is 0 Å². The number of nitrogens with zero attached hydrogens (tertiary/aromatic N) is 1. The number of pyridine rings is 1. The van der Waals surface area contributed by atoms with Crippen molar-refractivity contribution >= 4 is 22.4 Å². The van der Waals surface area contributed by atoms with E-state index in [-0.39, 0.29) is 0 Å². The number of para-hydroxylation sites is 1. The van der Waals surface area contributed by atoms with Crippen molar-refractivity contribution < 1.29 is 9.90 Å². The molecule has 0 aliphatic carbocycles. The SMILES string of the molecule is Cc1cc2c(C(=O)O)cc(C)n2c2ccccc12. The van der Waals surface area contributed by atoms with E-state index < -0.39 is 5.97 Å². The van der Waals surface area contributed by atoms with Gasteiger partial charge in [0.2, 0.25) is 0 Å². The molecular weight excluding hydrogens is 226 g/mol. The standard InChI is InChI=1S/C15H13NO2/c1-9-7-14-12(15(17)18)8-10(2)16(14)13-6-4-3-5-11(9)13/h3-8H,1-2H3,(H,17,18). The Balaban J connectivity index is 2.60. The van der Waals surface area contributed by atoms with Crippen LogP contribution in [0.4, 0.5) is 0 Å². The average Bonchev–Trinajstić information content (AvgIpc) is 2.67. The van der Waals surface area contributed by atoms with Crippen molar-refractivity contribution in [1.82, 2.24) is 4.40 Å². The Kier molecular flexibility index (Phi) is 2.17. The largest absolute Gasteiger partial charge is 0.478 e. The Hall–Kier alpha value is -2.29. The van der Waals surface area contributed by atoms with Gasteiger partial charge < -0.3 is 9.51 Å². The first-order chi connectivity index (χ1) is 8.59. The predicted octanol–water partition coefficient (Wildman–Crippen LogP) is 3.41. The number of rotatable bonds is 1. The number of hydrogen-bond acceptors (Lipinski definition) is 1. The van der Waals surface area contributed by atoms with Gasteiger partial charge >= 0.3 is 5.97 Å². The Morgan fingerprint density at radius 2 is 1.83 bits per heavy atom. The molecule has 0 saturated carbocycles. The van der Waals surface area contributed by atoms with Gasteiger partial charge in [-0.15, -0.1) is 0 Å². The van der Waals surface area contributed by atoms with Crippen LogP contribution in [0.1, 0.15) is 21.6 Å². The number of benzene rings is 1. The number of hydrogen-bond donors (Lipinski definition) is 1. The van der Waals surface area contributed by atoms with E-state index in [1.807, 2.05) is 42.5 Å². The molecule has 0 aliphatic rings. The van der Waals surface area contributed by atoms with E-state index in [4.69, 9.17) is 0 Å². The molecule has 0 radical (unpaired) electrons.